The zero-order valence-corrected chi connectivity index (χ0v) is 9.45. The molecule has 3 heteroatoms. The summed E-state index contributed by atoms with van der Waals surface area (Å²) in [6, 6.07) is 0.552. The lowest BCUT2D eigenvalue weighted by Crippen LogP contribution is -2.17. The van der Waals surface area contributed by atoms with Crippen LogP contribution in [0.25, 0.3) is 0 Å². The third-order valence-corrected chi connectivity index (χ3v) is 2.54. The molecule has 0 saturated carbocycles. The van der Waals surface area contributed by atoms with Crippen molar-refractivity contribution < 1.29 is 0 Å². The SMILES string of the molecule is CCCNCc1cncn1C(C)CC. The second-order valence-electron chi connectivity index (χ2n) is 3.73. The molecule has 0 spiro atoms. The van der Waals surface area contributed by atoms with Crippen molar-refractivity contribution in [1.29, 1.82) is 0 Å². The van der Waals surface area contributed by atoms with Crippen molar-refractivity contribution in [3.8, 4) is 0 Å². The van der Waals surface area contributed by atoms with E-state index in [-0.39, 0.29) is 0 Å². The Morgan fingerprint density at radius 3 is 2.93 bits per heavy atom. The van der Waals surface area contributed by atoms with Crippen molar-refractivity contribution in [2.75, 3.05) is 6.54 Å². The Kier molecular flexibility index (Phi) is 4.66. The number of nitrogens with zero attached hydrogens (tertiary/aromatic N) is 2. The molecule has 14 heavy (non-hydrogen) atoms. The summed E-state index contributed by atoms with van der Waals surface area (Å²) < 4.78 is 2.25. The van der Waals surface area contributed by atoms with Gasteiger partial charge in [0.25, 0.3) is 0 Å². The van der Waals surface area contributed by atoms with E-state index in [9.17, 15) is 0 Å². The highest BCUT2D eigenvalue weighted by molar-refractivity contribution is 4.99. The number of imidazole rings is 1. The molecule has 1 rings (SSSR count). The van der Waals surface area contributed by atoms with Gasteiger partial charge in [-0.15, -0.1) is 0 Å². The standard InChI is InChI=1S/C11H21N3/c1-4-6-12-7-11-8-13-9-14(11)10(3)5-2/h8-10,12H,4-7H2,1-3H3. The molecule has 0 fully saturated rings. The van der Waals surface area contributed by atoms with E-state index in [2.05, 4.69) is 35.6 Å². The lowest BCUT2D eigenvalue weighted by molar-refractivity contribution is 0.500. The number of hydrogen-bond acceptors (Lipinski definition) is 2. The van der Waals surface area contributed by atoms with Crippen molar-refractivity contribution in [3.05, 3.63) is 18.2 Å². The maximum Gasteiger partial charge on any atom is 0.0951 e. The number of aromatic nitrogens is 2. The average molecular weight is 195 g/mol. The summed E-state index contributed by atoms with van der Waals surface area (Å²) in [7, 11) is 0. The van der Waals surface area contributed by atoms with E-state index < -0.39 is 0 Å². The van der Waals surface area contributed by atoms with Crippen LogP contribution >= 0.6 is 0 Å². The topological polar surface area (TPSA) is 29.9 Å². The fourth-order valence-corrected chi connectivity index (χ4v) is 1.46. The van der Waals surface area contributed by atoms with Gasteiger partial charge in [0, 0.05) is 18.8 Å². The van der Waals surface area contributed by atoms with Crippen LogP contribution in [-0.4, -0.2) is 16.1 Å². The Morgan fingerprint density at radius 1 is 1.50 bits per heavy atom. The quantitative estimate of drug-likeness (QED) is 0.706. The smallest absolute Gasteiger partial charge is 0.0951 e. The van der Waals surface area contributed by atoms with Crippen LogP contribution in [0.4, 0.5) is 0 Å². The van der Waals surface area contributed by atoms with E-state index >= 15 is 0 Å². The van der Waals surface area contributed by atoms with E-state index in [1.54, 1.807) is 0 Å². The molecule has 1 N–H and O–H groups in total. The maximum absolute atomic E-state index is 4.19. The molecule has 1 aromatic heterocycles. The summed E-state index contributed by atoms with van der Waals surface area (Å²) in [5.74, 6) is 0. The van der Waals surface area contributed by atoms with Crippen molar-refractivity contribution in [2.45, 2.75) is 46.2 Å². The van der Waals surface area contributed by atoms with Gasteiger partial charge in [-0.05, 0) is 26.3 Å². The second-order valence-corrected chi connectivity index (χ2v) is 3.73. The summed E-state index contributed by atoms with van der Waals surface area (Å²) >= 11 is 0. The molecule has 0 bridgehead atoms. The minimum Gasteiger partial charge on any atom is -0.331 e. The van der Waals surface area contributed by atoms with Crippen molar-refractivity contribution in [2.24, 2.45) is 0 Å². The Labute approximate surface area is 86.5 Å². The van der Waals surface area contributed by atoms with Crippen molar-refractivity contribution in [3.63, 3.8) is 0 Å². The first-order chi connectivity index (χ1) is 6.79. The molecule has 0 aromatic carbocycles. The number of hydrogen-bond donors (Lipinski definition) is 1. The highest BCUT2D eigenvalue weighted by atomic mass is 15.1. The molecule has 0 aliphatic rings. The van der Waals surface area contributed by atoms with Gasteiger partial charge in [0.1, 0.15) is 0 Å². The Morgan fingerprint density at radius 2 is 2.29 bits per heavy atom. The molecule has 1 atom stereocenters. The molecular weight excluding hydrogens is 174 g/mol. The van der Waals surface area contributed by atoms with Gasteiger partial charge in [0.2, 0.25) is 0 Å². The molecule has 1 aromatic rings. The van der Waals surface area contributed by atoms with Gasteiger partial charge in [-0.3, -0.25) is 0 Å². The molecule has 0 saturated heterocycles. The number of rotatable bonds is 6. The summed E-state index contributed by atoms with van der Waals surface area (Å²) in [4.78, 5) is 4.19. The molecule has 1 unspecified atom stereocenters. The summed E-state index contributed by atoms with van der Waals surface area (Å²) in [5.41, 5.74) is 1.28. The van der Waals surface area contributed by atoms with E-state index in [1.165, 1.54) is 12.1 Å². The molecule has 1 heterocycles. The van der Waals surface area contributed by atoms with E-state index in [0.717, 1.165) is 19.5 Å². The van der Waals surface area contributed by atoms with Crippen LogP contribution in [0.3, 0.4) is 0 Å². The Hall–Kier alpha value is -0.830. The van der Waals surface area contributed by atoms with Gasteiger partial charge in [-0.1, -0.05) is 13.8 Å². The Balaban J connectivity index is 2.53. The second kappa shape index (κ2) is 5.81. The van der Waals surface area contributed by atoms with E-state index in [0.29, 0.717) is 6.04 Å². The zero-order valence-electron chi connectivity index (χ0n) is 9.45. The highest BCUT2D eigenvalue weighted by Gasteiger charge is 2.06. The minimum absolute atomic E-state index is 0.552. The van der Waals surface area contributed by atoms with Crippen molar-refractivity contribution >= 4 is 0 Å². The van der Waals surface area contributed by atoms with Crippen molar-refractivity contribution in [1.82, 2.24) is 14.9 Å². The molecule has 0 aliphatic carbocycles. The first-order valence-corrected chi connectivity index (χ1v) is 5.51. The molecule has 3 nitrogen and oxygen atoms in total. The van der Waals surface area contributed by atoms with Gasteiger partial charge in [-0.25, -0.2) is 4.98 Å². The summed E-state index contributed by atoms with van der Waals surface area (Å²) in [5, 5.41) is 3.40. The van der Waals surface area contributed by atoms with E-state index in [4.69, 9.17) is 0 Å². The number of nitrogens with one attached hydrogen (secondary N) is 1. The zero-order chi connectivity index (χ0) is 10.4. The van der Waals surface area contributed by atoms with Crippen LogP contribution in [0, 0.1) is 0 Å². The van der Waals surface area contributed by atoms with Gasteiger partial charge in [-0.2, -0.15) is 0 Å². The third kappa shape index (κ3) is 2.84. The first kappa shape index (κ1) is 11.2. The van der Waals surface area contributed by atoms with Gasteiger partial charge in [0.15, 0.2) is 0 Å². The van der Waals surface area contributed by atoms with Gasteiger partial charge in [0.05, 0.1) is 12.0 Å². The van der Waals surface area contributed by atoms with E-state index in [1.807, 2.05) is 12.5 Å². The predicted octanol–water partition coefficient (Wildman–Crippen LogP) is 2.35. The average Bonchev–Trinajstić information content (AvgIpc) is 2.65. The van der Waals surface area contributed by atoms with Crippen LogP contribution in [0.1, 0.15) is 45.3 Å². The van der Waals surface area contributed by atoms with Gasteiger partial charge < -0.3 is 9.88 Å². The highest BCUT2D eigenvalue weighted by Crippen LogP contribution is 2.12. The molecule has 0 amide bonds. The maximum atomic E-state index is 4.19. The fraction of sp³-hybridized carbons (Fsp3) is 0.727. The van der Waals surface area contributed by atoms with Crippen LogP contribution in [0.15, 0.2) is 12.5 Å². The molecular formula is C11H21N3. The first-order valence-electron chi connectivity index (χ1n) is 5.51. The lowest BCUT2D eigenvalue weighted by atomic mass is 10.2. The predicted molar refractivity (Wildman–Crippen MR) is 59.2 cm³/mol. The molecule has 80 valence electrons. The summed E-state index contributed by atoms with van der Waals surface area (Å²) in [6.45, 7) is 8.61. The normalized spacial score (nSPS) is 13.1. The molecule has 0 aliphatic heterocycles. The van der Waals surface area contributed by atoms with Gasteiger partial charge >= 0.3 is 0 Å². The minimum atomic E-state index is 0.552. The largest absolute Gasteiger partial charge is 0.331 e. The lowest BCUT2D eigenvalue weighted by Gasteiger charge is -2.14. The monoisotopic (exact) mass is 195 g/mol. The van der Waals surface area contributed by atoms with Crippen LogP contribution < -0.4 is 5.32 Å². The Bertz CT molecular complexity index is 255. The van der Waals surface area contributed by atoms with Crippen LogP contribution in [0.5, 0.6) is 0 Å². The third-order valence-electron chi connectivity index (χ3n) is 2.54. The fourth-order valence-electron chi connectivity index (χ4n) is 1.46. The molecule has 0 radical (unpaired) electrons. The van der Waals surface area contributed by atoms with Crippen LogP contribution in [0.2, 0.25) is 0 Å². The summed E-state index contributed by atoms with van der Waals surface area (Å²) in [6.07, 6.45) is 6.21. The van der Waals surface area contributed by atoms with Crippen LogP contribution in [-0.2, 0) is 6.54 Å².